The van der Waals surface area contributed by atoms with E-state index in [1.807, 2.05) is 0 Å². The van der Waals surface area contributed by atoms with Crippen molar-refractivity contribution in [2.24, 2.45) is 5.90 Å². The first-order valence-corrected chi connectivity index (χ1v) is 3.15. The fourth-order valence-electron chi connectivity index (χ4n) is 0.800. The molecule has 1 aliphatic rings. The van der Waals surface area contributed by atoms with Crippen LogP contribution >= 0.6 is 0 Å². The summed E-state index contributed by atoms with van der Waals surface area (Å²) < 4.78 is -0.839. The Morgan fingerprint density at radius 2 is 2.33 bits per heavy atom. The summed E-state index contributed by atoms with van der Waals surface area (Å²) in [4.78, 5) is 14.9. The SMILES string of the molecule is NOC[N+]1(O)C=CC(=O)C(O)=C1. The monoisotopic (exact) mass is 173 g/mol. The maximum absolute atomic E-state index is 10.7. The van der Waals surface area contributed by atoms with Crippen molar-refractivity contribution in [2.45, 2.75) is 0 Å². The fraction of sp³-hybridized carbons (Fsp3) is 0.167. The number of hydrogen-bond donors (Lipinski definition) is 3. The quantitative estimate of drug-likeness (QED) is 0.388. The van der Waals surface area contributed by atoms with Crippen LogP contribution in [0.1, 0.15) is 0 Å². The van der Waals surface area contributed by atoms with Gasteiger partial charge in [-0.05, 0) is 0 Å². The van der Waals surface area contributed by atoms with Gasteiger partial charge >= 0.3 is 0 Å². The van der Waals surface area contributed by atoms with Crippen molar-refractivity contribution in [1.29, 1.82) is 0 Å². The number of quaternary nitrogens is 1. The normalized spacial score (nSPS) is 28.8. The lowest BCUT2D eigenvalue weighted by Crippen LogP contribution is -2.39. The summed E-state index contributed by atoms with van der Waals surface area (Å²) in [5.74, 6) is 3.63. The van der Waals surface area contributed by atoms with Crippen molar-refractivity contribution < 1.29 is 24.6 Å². The summed E-state index contributed by atoms with van der Waals surface area (Å²) in [6.45, 7) is -0.270. The molecule has 1 atom stereocenters. The fourth-order valence-corrected chi connectivity index (χ4v) is 0.800. The number of hydrogen-bond acceptors (Lipinski definition) is 5. The Bertz CT molecular complexity index is 260. The molecule has 0 radical (unpaired) electrons. The number of aliphatic hydroxyl groups is 1. The van der Waals surface area contributed by atoms with E-state index in [2.05, 4.69) is 4.84 Å². The second kappa shape index (κ2) is 3.03. The highest BCUT2D eigenvalue weighted by Crippen LogP contribution is 2.13. The zero-order valence-corrected chi connectivity index (χ0v) is 6.17. The molecule has 6 nitrogen and oxygen atoms in total. The Morgan fingerprint density at radius 3 is 2.83 bits per heavy atom. The van der Waals surface area contributed by atoms with Gasteiger partial charge < -0.3 is 5.11 Å². The molecule has 12 heavy (non-hydrogen) atoms. The number of carbonyl (C=O) groups excluding carboxylic acids is 1. The Kier molecular flexibility index (Phi) is 2.25. The van der Waals surface area contributed by atoms with E-state index in [-0.39, 0.29) is 6.73 Å². The number of nitrogens with zero attached hydrogens (tertiary/aromatic N) is 1. The first kappa shape index (κ1) is 8.88. The first-order chi connectivity index (χ1) is 5.57. The zero-order valence-electron chi connectivity index (χ0n) is 6.17. The summed E-state index contributed by atoms with van der Waals surface area (Å²) in [6, 6.07) is 0. The average Bonchev–Trinajstić information content (AvgIpc) is 1.98. The summed E-state index contributed by atoms with van der Waals surface area (Å²) in [5.41, 5.74) is 0. The molecule has 0 saturated carbocycles. The van der Waals surface area contributed by atoms with Crippen molar-refractivity contribution >= 4 is 5.78 Å². The van der Waals surface area contributed by atoms with Crippen LogP contribution in [0, 0.1) is 0 Å². The zero-order chi connectivity index (χ0) is 9.19. The van der Waals surface area contributed by atoms with Gasteiger partial charge in [0.25, 0.3) is 0 Å². The first-order valence-electron chi connectivity index (χ1n) is 3.15. The van der Waals surface area contributed by atoms with Gasteiger partial charge in [-0.3, -0.25) is 4.79 Å². The van der Waals surface area contributed by atoms with Crippen LogP contribution in [0.15, 0.2) is 24.2 Å². The predicted molar refractivity (Wildman–Crippen MR) is 37.0 cm³/mol. The lowest BCUT2D eigenvalue weighted by atomic mass is 10.3. The molecule has 4 N–H and O–H groups in total. The standard InChI is InChI=1S/C6H8N2O4/c7-12-4-8(11)2-1-5(9)6(10)3-8/h1-3,11H,4,7H2/p+1. The second-order valence-electron chi connectivity index (χ2n) is 2.38. The lowest BCUT2D eigenvalue weighted by molar-refractivity contribution is -1.04. The van der Waals surface area contributed by atoms with Gasteiger partial charge in [-0.15, -0.1) is 4.65 Å². The van der Waals surface area contributed by atoms with Gasteiger partial charge in [-0.2, -0.15) is 0 Å². The van der Waals surface area contributed by atoms with Gasteiger partial charge in [-0.1, -0.05) is 0 Å². The molecule has 1 rings (SSSR count). The molecule has 0 saturated heterocycles. The highest BCUT2D eigenvalue weighted by Gasteiger charge is 2.28. The minimum absolute atomic E-state index is 0.270. The molecule has 0 aromatic heterocycles. The van der Waals surface area contributed by atoms with Crippen molar-refractivity contribution in [3.05, 3.63) is 24.2 Å². The average molecular weight is 173 g/mol. The number of carbonyl (C=O) groups is 1. The molecule has 0 spiro atoms. The molecule has 1 aliphatic heterocycles. The highest BCUT2D eigenvalue weighted by atomic mass is 16.7. The Labute approximate surface area is 68.3 Å². The van der Waals surface area contributed by atoms with Crippen LogP contribution in [-0.4, -0.2) is 27.5 Å². The molecular weight excluding hydrogens is 164 g/mol. The van der Waals surface area contributed by atoms with E-state index < -0.39 is 16.2 Å². The summed E-state index contributed by atoms with van der Waals surface area (Å²) in [5, 5.41) is 18.3. The topological polar surface area (TPSA) is 92.8 Å². The Hall–Kier alpha value is -1.21. The van der Waals surface area contributed by atoms with Gasteiger partial charge in [0.15, 0.2) is 6.20 Å². The van der Waals surface area contributed by atoms with Gasteiger partial charge in [0, 0.05) is 6.08 Å². The summed E-state index contributed by atoms with van der Waals surface area (Å²) in [7, 11) is 0. The van der Waals surface area contributed by atoms with E-state index in [0.717, 1.165) is 18.5 Å². The van der Waals surface area contributed by atoms with Crippen molar-refractivity contribution in [3.63, 3.8) is 0 Å². The molecular formula is C6H9N2O4+. The van der Waals surface area contributed by atoms with E-state index >= 15 is 0 Å². The smallest absolute Gasteiger partial charge is 0.239 e. The molecule has 0 aromatic rings. The molecule has 1 unspecified atom stereocenters. The molecule has 6 heteroatoms. The van der Waals surface area contributed by atoms with E-state index in [9.17, 15) is 10.0 Å². The van der Waals surface area contributed by atoms with Crippen molar-refractivity contribution in [1.82, 2.24) is 0 Å². The predicted octanol–water partition coefficient (Wildman–Crippen LogP) is -0.464. The van der Waals surface area contributed by atoms with Crippen LogP contribution in [0.4, 0.5) is 0 Å². The molecule has 0 amide bonds. The maximum Gasteiger partial charge on any atom is 0.239 e. The number of allylic oxidation sites excluding steroid dienone is 1. The highest BCUT2D eigenvalue weighted by molar-refractivity contribution is 6.02. The van der Waals surface area contributed by atoms with Crippen molar-refractivity contribution in [2.75, 3.05) is 6.73 Å². The van der Waals surface area contributed by atoms with Crippen molar-refractivity contribution in [3.8, 4) is 0 Å². The minimum atomic E-state index is -0.839. The van der Waals surface area contributed by atoms with Crippen LogP contribution < -0.4 is 5.90 Å². The van der Waals surface area contributed by atoms with E-state index in [1.54, 1.807) is 0 Å². The van der Waals surface area contributed by atoms with E-state index in [0.29, 0.717) is 0 Å². The molecule has 66 valence electrons. The molecule has 0 fully saturated rings. The summed E-state index contributed by atoms with van der Waals surface area (Å²) >= 11 is 0. The van der Waals surface area contributed by atoms with Gasteiger partial charge in [0.05, 0.1) is 0 Å². The van der Waals surface area contributed by atoms with Crippen LogP contribution in [0.5, 0.6) is 0 Å². The number of ketones is 1. The third kappa shape index (κ3) is 1.69. The molecule has 1 heterocycles. The number of nitrogens with two attached hydrogens (primary N) is 1. The van der Waals surface area contributed by atoms with Gasteiger partial charge in [-0.25, -0.2) is 15.9 Å². The molecule has 0 aliphatic carbocycles. The van der Waals surface area contributed by atoms with E-state index in [4.69, 9.17) is 11.0 Å². The van der Waals surface area contributed by atoms with Crippen LogP contribution in [-0.2, 0) is 9.63 Å². The van der Waals surface area contributed by atoms with Gasteiger partial charge in [0.2, 0.25) is 18.3 Å². The minimum Gasteiger partial charge on any atom is -0.500 e. The number of rotatable bonds is 2. The largest absolute Gasteiger partial charge is 0.500 e. The Morgan fingerprint density at radius 1 is 1.67 bits per heavy atom. The lowest BCUT2D eigenvalue weighted by Gasteiger charge is -2.21. The molecule has 0 aromatic carbocycles. The maximum atomic E-state index is 10.7. The van der Waals surface area contributed by atoms with E-state index in [1.165, 1.54) is 0 Å². The van der Waals surface area contributed by atoms with Crippen LogP contribution in [0.3, 0.4) is 0 Å². The third-order valence-electron chi connectivity index (χ3n) is 1.36. The third-order valence-corrected chi connectivity index (χ3v) is 1.36. The molecule has 0 bridgehead atoms. The number of hydroxylamine groups is 3. The van der Waals surface area contributed by atoms with Gasteiger partial charge in [0.1, 0.15) is 6.20 Å². The second-order valence-corrected chi connectivity index (χ2v) is 2.38. The summed E-state index contributed by atoms with van der Waals surface area (Å²) in [6.07, 6.45) is 3.11. The Balaban J connectivity index is 2.83. The van der Waals surface area contributed by atoms with Crippen LogP contribution in [0.2, 0.25) is 0 Å². The number of aliphatic hydroxyl groups excluding tert-OH is 1. The van der Waals surface area contributed by atoms with Crippen LogP contribution in [0.25, 0.3) is 0 Å².